The van der Waals surface area contributed by atoms with Gasteiger partial charge in [-0.2, -0.15) is 0 Å². The van der Waals surface area contributed by atoms with Crippen molar-refractivity contribution in [3.63, 3.8) is 0 Å². The molecule has 0 spiro atoms. The Bertz CT molecular complexity index is 529. The van der Waals surface area contributed by atoms with Gasteiger partial charge >= 0.3 is 0 Å². The Morgan fingerprint density at radius 2 is 2.15 bits per heavy atom. The fraction of sp³-hybridized carbons (Fsp3) is 0.267. The first-order chi connectivity index (χ1) is 9.45. The van der Waals surface area contributed by atoms with Gasteiger partial charge in [0.2, 0.25) is 0 Å². The van der Waals surface area contributed by atoms with Crippen LogP contribution >= 0.6 is 23.4 Å². The summed E-state index contributed by atoms with van der Waals surface area (Å²) < 4.78 is 5.53. The number of likely N-dealkylation sites (N-methyl/N-ethyl adjacent to an activating group) is 1. The van der Waals surface area contributed by atoms with Gasteiger partial charge in [-0.05, 0) is 31.7 Å². The zero-order chi connectivity index (χ0) is 15.1. The van der Waals surface area contributed by atoms with Gasteiger partial charge in [-0.1, -0.05) is 42.6 Å². The van der Waals surface area contributed by atoms with Gasteiger partial charge in [0, 0.05) is 16.4 Å². The third-order valence-corrected chi connectivity index (χ3v) is 3.81. The van der Waals surface area contributed by atoms with Gasteiger partial charge in [-0.3, -0.25) is 4.79 Å². The zero-order valence-corrected chi connectivity index (χ0v) is 13.2. The molecule has 108 valence electrons. The van der Waals surface area contributed by atoms with Crippen LogP contribution in [0.2, 0.25) is 5.02 Å². The Labute approximate surface area is 129 Å². The third-order valence-electron chi connectivity index (χ3n) is 2.50. The second kappa shape index (κ2) is 8.15. The number of Topliss-reactive ketones (excluding diaryl/α,β-unsaturated/α-hetero) is 1. The molecule has 0 radical (unpaired) electrons. The van der Waals surface area contributed by atoms with Gasteiger partial charge in [-0.25, -0.2) is 0 Å². The first kappa shape index (κ1) is 16.8. The van der Waals surface area contributed by atoms with Crippen molar-refractivity contribution in [2.75, 3.05) is 20.2 Å². The van der Waals surface area contributed by atoms with Crippen LogP contribution in [0.3, 0.4) is 0 Å². The Hall–Kier alpha value is -1.23. The van der Waals surface area contributed by atoms with Crippen molar-refractivity contribution in [1.82, 2.24) is 5.32 Å². The maximum absolute atomic E-state index is 11.2. The molecule has 0 bridgehead atoms. The number of nitrogens with one attached hydrogen (secondary N) is 1. The highest BCUT2D eigenvalue weighted by atomic mass is 35.5. The maximum atomic E-state index is 11.2. The highest BCUT2D eigenvalue weighted by Gasteiger charge is 2.09. The zero-order valence-electron chi connectivity index (χ0n) is 11.7. The molecule has 1 aromatic carbocycles. The summed E-state index contributed by atoms with van der Waals surface area (Å²) >= 11 is 7.42. The van der Waals surface area contributed by atoms with E-state index in [1.807, 2.05) is 13.1 Å². The molecule has 0 aliphatic carbocycles. The number of benzene rings is 1. The van der Waals surface area contributed by atoms with E-state index in [0.717, 1.165) is 17.0 Å². The molecular weight excluding hydrogens is 294 g/mol. The highest BCUT2D eigenvalue weighted by Crippen LogP contribution is 2.35. The minimum atomic E-state index is -0.0609. The number of hydrogen-bond donors (Lipinski definition) is 1. The predicted octanol–water partition coefficient (Wildman–Crippen LogP) is 3.74. The van der Waals surface area contributed by atoms with Gasteiger partial charge in [0.15, 0.2) is 5.78 Å². The quantitative estimate of drug-likeness (QED) is 0.586. The second-order valence-electron chi connectivity index (χ2n) is 4.10. The van der Waals surface area contributed by atoms with Crippen LogP contribution in [0.4, 0.5) is 0 Å². The molecule has 0 aromatic heterocycles. The molecule has 0 aliphatic heterocycles. The van der Waals surface area contributed by atoms with E-state index in [-0.39, 0.29) is 5.78 Å². The van der Waals surface area contributed by atoms with E-state index in [1.165, 1.54) is 18.7 Å². The molecule has 0 unspecified atom stereocenters. The third kappa shape index (κ3) is 5.04. The van der Waals surface area contributed by atoms with Crippen molar-refractivity contribution < 1.29 is 9.53 Å². The van der Waals surface area contributed by atoms with Crippen molar-refractivity contribution in [2.24, 2.45) is 0 Å². The maximum Gasteiger partial charge on any atom is 0.165 e. The van der Waals surface area contributed by atoms with Crippen LogP contribution in [0.25, 0.3) is 4.91 Å². The fourth-order valence-corrected chi connectivity index (χ4v) is 2.25. The molecule has 0 atom stereocenters. The second-order valence-corrected chi connectivity index (χ2v) is 5.70. The molecular formula is C15H18ClNO2S. The molecule has 0 saturated carbocycles. The predicted molar refractivity (Wildman–Crippen MR) is 87.3 cm³/mol. The summed E-state index contributed by atoms with van der Waals surface area (Å²) in [5, 5.41) is 3.51. The molecule has 1 N–H and O–H groups in total. The van der Waals surface area contributed by atoms with Gasteiger partial charge in [0.1, 0.15) is 12.4 Å². The van der Waals surface area contributed by atoms with E-state index in [0.29, 0.717) is 22.3 Å². The van der Waals surface area contributed by atoms with Crippen LogP contribution in [0, 0.1) is 0 Å². The number of allylic oxidation sites excluding steroid dienone is 1. The van der Waals surface area contributed by atoms with Crippen LogP contribution in [-0.2, 0) is 4.79 Å². The molecule has 0 fully saturated rings. The van der Waals surface area contributed by atoms with Crippen LogP contribution in [0.5, 0.6) is 5.75 Å². The summed E-state index contributed by atoms with van der Waals surface area (Å²) in [6.07, 6.45) is 0. The summed E-state index contributed by atoms with van der Waals surface area (Å²) in [5.41, 5.74) is 0.850. The average molecular weight is 312 g/mol. The van der Waals surface area contributed by atoms with E-state index < -0.39 is 0 Å². The van der Waals surface area contributed by atoms with Gasteiger partial charge in [-0.15, -0.1) is 0 Å². The van der Waals surface area contributed by atoms with Crippen LogP contribution < -0.4 is 10.1 Å². The summed E-state index contributed by atoms with van der Waals surface area (Å²) in [5.74, 6) is 0.572. The molecule has 0 aliphatic rings. The van der Waals surface area contributed by atoms with Crippen LogP contribution in [0.1, 0.15) is 12.5 Å². The van der Waals surface area contributed by atoms with Crippen molar-refractivity contribution in [2.45, 2.75) is 6.92 Å². The minimum Gasteiger partial charge on any atom is -0.491 e. The number of halogens is 1. The number of carbonyl (C=O) groups excluding carboxylic acids is 1. The Kier molecular flexibility index (Phi) is 6.85. The van der Waals surface area contributed by atoms with E-state index >= 15 is 0 Å². The Morgan fingerprint density at radius 3 is 2.70 bits per heavy atom. The summed E-state index contributed by atoms with van der Waals surface area (Å²) in [4.78, 5) is 12.4. The lowest BCUT2D eigenvalue weighted by Gasteiger charge is -2.11. The first-order valence-corrected chi connectivity index (χ1v) is 7.29. The SMILES string of the molecule is C=C(SC(=C)c1ccc(OCCNC)c(Cl)c1)C(C)=O. The standard InChI is InChI=1S/C15H18ClNO2S/c1-10(18)11(2)20-12(3)13-5-6-15(14(16)9-13)19-8-7-17-4/h5-6,9,17H,2-3,7-8H2,1,4H3. The molecule has 3 nitrogen and oxygen atoms in total. The normalized spacial score (nSPS) is 10.2. The van der Waals surface area contributed by atoms with Crippen molar-refractivity contribution >= 4 is 34.1 Å². The summed E-state index contributed by atoms with van der Waals surface area (Å²) in [6, 6.07) is 5.44. The monoisotopic (exact) mass is 311 g/mol. The average Bonchev–Trinajstić information content (AvgIpc) is 2.40. The van der Waals surface area contributed by atoms with Gasteiger partial charge in [0.05, 0.1) is 5.02 Å². The number of rotatable bonds is 8. The fourth-order valence-electron chi connectivity index (χ4n) is 1.33. The molecule has 5 heteroatoms. The topological polar surface area (TPSA) is 38.3 Å². The van der Waals surface area contributed by atoms with Gasteiger partial charge in [0.25, 0.3) is 0 Å². The Balaban J connectivity index is 2.73. The summed E-state index contributed by atoms with van der Waals surface area (Å²) in [7, 11) is 1.86. The van der Waals surface area contributed by atoms with Crippen molar-refractivity contribution in [3.05, 3.63) is 46.8 Å². The lowest BCUT2D eigenvalue weighted by Crippen LogP contribution is -2.16. The number of carbonyl (C=O) groups is 1. The highest BCUT2D eigenvalue weighted by molar-refractivity contribution is 8.12. The molecule has 20 heavy (non-hydrogen) atoms. The first-order valence-electron chi connectivity index (χ1n) is 6.09. The number of thioether (sulfide) groups is 1. The molecule has 0 amide bonds. The number of hydrogen-bond acceptors (Lipinski definition) is 4. The van der Waals surface area contributed by atoms with E-state index in [2.05, 4.69) is 18.5 Å². The molecule has 0 heterocycles. The van der Waals surface area contributed by atoms with Crippen molar-refractivity contribution in [1.29, 1.82) is 0 Å². The molecule has 0 saturated heterocycles. The van der Waals surface area contributed by atoms with Crippen LogP contribution in [0.15, 0.2) is 36.3 Å². The minimum absolute atomic E-state index is 0.0609. The lowest BCUT2D eigenvalue weighted by molar-refractivity contribution is -0.112. The number of ether oxygens (including phenoxy) is 1. The number of ketones is 1. The van der Waals surface area contributed by atoms with Crippen LogP contribution in [-0.4, -0.2) is 26.0 Å². The largest absolute Gasteiger partial charge is 0.491 e. The lowest BCUT2D eigenvalue weighted by atomic mass is 10.2. The molecule has 1 aromatic rings. The van der Waals surface area contributed by atoms with E-state index in [4.69, 9.17) is 16.3 Å². The van der Waals surface area contributed by atoms with Crippen molar-refractivity contribution in [3.8, 4) is 5.75 Å². The smallest absolute Gasteiger partial charge is 0.165 e. The van der Waals surface area contributed by atoms with Gasteiger partial charge < -0.3 is 10.1 Å². The Morgan fingerprint density at radius 1 is 1.45 bits per heavy atom. The molecule has 1 rings (SSSR count). The van der Waals surface area contributed by atoms with E-state index in [9.17, 15) is 4.79 Å². The van der Waals surface area contributed by atoms with E-state index in [1.54, 1.807) is 12.1 Å². The summed E-state index contributed by atoms with van der Waals surface area (Å²) in [6.45, 7) is 10.4.